The van der Waals surface area contributed by atoms with Gasteiger partial charge in [-0.2, -0.15) is 0 Å². The van der Waals surface area contributed by atoms with Crippen LogP contribution in [0.5, 0.6) is 0 Å². The number of hydrogen-bond acceptors (Lipinski definition) is 5. The predicted molar refractivity (Wildman–Crippen MR) is 88.8 cm³/mol. The van der Waals surface area contributed by atoms with Gasteiger partial charge in [0.15, 0.2) is 0 Å². The molecule has 0 unspecified atom stereocenters. The van der Waals surface area contributed by atoms with E-state index in [-0.39, 0.29) is 17.9 Å². The van der Waals surface area contributed by atoms with Crippen LogP contribution in [0.15, 0.2) is 12.1 Å². The molecule has 0 bridgehead atoms. The van der Waals surface area contributed by atoms with Crippen LogP contribution in [0.4, 0.5) is 5.69 Å². The lowest BCUT2D eigenvalue weighted by Crippen LogP contribution is -2.20. The molecule has 0 saturated heterocycles. The maximum Gasteiger partial charge on any atom is 0.339 e. The molecule has 0 radical (unpaired) electrons. The number of ether oxygens (including phenoxy) is 2. The van der Waals surface area contributed by atoms with Gasteiger partial charge >= 0.3 is 11.9 Å². The van der Waals surface area contributed by atoms with E-state index >= 15 is 0 Å². The van der Waals surface area contributed by atoms with E-state index in [9.17, 15) is 14.4 Å². The summed E-state index contributed by atoms with van der Waals surface area (Å²) in [7, 11) is 1.23. The van der Waals surface area contributed by atoms with Crippen LogP contribution in [0.2, 0.25) is 5.02 Å². The number of halogens is 1. The quantitative estimate of drug-likeness (QED) is 0.655. The molecule has 0 aliphatic heterocycles. The molecule has 1 rings (SSSR count). The number of carbonyl (C=O) groups excluding carboxylic acids is 3. The standard InChI is InChI=1S/C14H16ClNO5.C2H6/c1-4-21-13(18)7-12(17)16-11-6-10(15)8(2)5-9(11)14(19)20-3;1-2/h5-6H,4,7H2,1-3H3,(H,16,17);1-2H3. The largest absolute Gasteiger partial charge is 0.466 e. The zero-order chi connectivity index (χ0) is 18.0. The van der Waals surface area contributed by atoms with E-state index < -0.39 is 24.3 Å². The average Bonchev–Trinajstić information content (AvgIpc) is 2.52. The molecule has 0 saturated carbocycles. The van der Waals surface area contributed by atoms with Gasteiger partial charge in [-0.05, 0) is 31.5 Å². The molecule has 23 heavy (non-hydrogen) atoms. The highest BCUT2D eigenvalue weighted by Gasteiger charge is 2.18. The number of nitrogens with one attached hydrogen (secondary N) is 1. The molecule has 1 aromatic rings. The van der Waals surface area contributed by atoms with E-state index in [0.717, 1.165) is 0 Å². The molecule has 1 amide bonds. The van der Waals surface area contributed by atoms with Crippen LogP contribution in [0.3, 0.4) is 0 Å². The number of rotatable bonds is 5. The maximum absolute atomic E-state index is 11.7. The van der Waals surface area contributed by atoms with Crippen LogP contribution in [0, 0.1) is 6.92 Å². The monoisotopic (exact) mass is 343 g/mol. The summed E-state index contributed by atoms with van der Waals surface area (Å²) < 4.78 is 9.32. The minimum atomic E-state index is -0.646. The fourth-order valence-corrected chi connectivity index (χ4v) is 1.76. The molecular formula is C16H22ClNO5. The highest BCUT2D eigenvalue weighted by atomic mass is 35.5. The summed E-state index contributed by atoms with van der Waals surface area (Å²) in [6.07, 6.45) is -0.444. The van der Waals surface area contributed by atoms with E-state index in [2.05, 4.69) is 14.8 Å². The lowest BCUT2D eigenvalue weighted by molar-refractivity contribution is -0.145. The van der Waals surface area contributed by atoms with Gasteiger partial charge in [-0.15, -0.1) is 0 Å². The lowest BCUT2D eigenvalue weighted by Gasteiger charge is -2.11. The SMILES string of the molecule is CC.CCOC(=O)CC(=O)Nc1cc(Cl)c(C)cc1C(=O)OC. The zero-order valence-electron chi connectivity index (χ0n) is 14.0. The molecule has 6 nitrogen and oxygen atoms in total. The van der Waals surface area contributed by atoms with Gasteiger partial charge in [-0.25, -0.2) is 4.79 Å². The Bertz CT molecular complexity index is 572. The third-order valence-electron chi connectivity index (χ3n) is 2.59. The van der Waals surface area contributed by atoms with Crippen LogP contribution in [0.25, 0.3) is 0 Å². The predicted octanol–water partition coefficient (Wildman–Crippen LogP) is 3.35. The van der Waals surface area contributed by atoms with Crippen molar-refractivity contribution in [1.29, 1.82) is 0 Å². The summed E-state index contributed by atoms with van der Waals surface area (Å²) in [5.41, 5.74) is 1.02. The van der Waals surface area contributed by atoms with Crippen molar-refractivity contribution in [3.05, 3.63) is 28.3 Å². The maximum atomic E-state index is 11.7. The molecule has 128 valence electrons. The van der Waals surface area contributed by atoms with Crippen molar-refractivity contribution in [2.45, 2.75) is 34.1 Å². The first-order valence-electron chi connectivity index (χ1n) is 7.23. The van der Waals surface area contributed by atoms with E-state index in [4.69, 9.17) is 11.6 Å². The smallest absolute Gasteiger partial charge is 0.339 e. The summed E-state index contributed by atoms with van der Waals surface area (Å²) in [5, 5.41) is 2.84. The first-order valence-corrected chi connectivity index (χ1v) is 7.60. The molecule has 1 N–H and O–H groups in total. The zero-order valence-corrected chi connectivity index (χ0v) is 14.7. The summed E-state index contributed by atoms with van der Waals surface area (Å²) in [4.78, 5) is 34.7. The Kier molecular flexibility index (Phi) is 9.65. The van der Waals surface area contributed by atoms with Crippen LogP contribution < -0.4 is 5.32 Å². The number of anilines is 1. The highest BCUT2D eigenvalue weighted by Crippen LogP contribution is 2.25. The Morgan fingerprint density at radius 3 is 2.35 bits per heavy atom. The molecule has 0 spiro atoms. The number of benzene rings is 1. The van der Waals surface area contributed by atoms with Crippen molar-refractivity contribution < 1.29 is 23.9 Å². The van der Waals surface area contributed by atoms with Gasteiger partial charge in [-0.1, -0.05) is 25.4 Å². The van der Waals surface area contributed by atoms with E-state index in [1.54, 1.807) is 13.8 Å². The van der Waals surface area contributed by atoms with Crippen LogP contribution in [-0.4, -0.2) is 31.6 Å². The molecular weight excluding hydrogens is 322 g/mol. The molecule has 0 aliphatic rings. The highest BCUT2D eigenvalue weighted by molar-refractivity contribution is 6.32. The van der Waals surface area contributed by atoms with Gasteiger partial charge in [0, 0.05) is 5.02 Å². The van der Waals surface area contributed by atoms with Gasteiger partial charge in [0.1, 0.15) is 6.42 Å². The van der Waals surface area contributed by atoms with E-state index in [1.165, 1.54) is 19.2 Å². The Balaban J connectivity index is 0.00000232. The average molecular weight is 344 g/mol. The Labute approximate surface area is 141 Å². The van der Waals surface area contributed by atoms with Gasteiger partial charge in [-0.3, -0.25) is 9.59 Å². The molecule has 7 heteroatoms. The number of esters is 2. The summed E-state index contributed by atoms with van der Waals surface area (Å²) in [5.74, 6) is -1.85. The number of amides is 1. The molecule has 1 aromatic carbocycles. The van der Waals surface area contributed by atoms with E-state index in [1.807, 2.05) is 13.8 Å². The summed E-state index contributed by atoms with van der Waals surface area (Å²) in [6.45, 7) is 7.56. The first-order chi connectivity index (χ1) is 10.9. The topological polar surface area (TPSA) is 81.7 Å². The van der Waals surface area contributed by atoms with E-state index in [0.29, 0.717) is 10.6 Å². The summed E-state index contributed by atoms with van der Waals surface area (Å²) in [6, 6.07) is 2.94. The molecule has 0 fully saturated rings. The van der Waals surface area contributed by atoms with Crippen molar-refractivity contribution >= 4 is 35.1 Å². The lowest BCUT2D eigenvalue weighted by atomic mass is 10.1. The van der Waals surface area contributed by atoms with Crippen LogP contribution in [0.1, 0.15) is 43.1 Å². The van der Waals surface area contributed by atoms with Crippen molar-refractivity contribution in [2.75, 3.05) is 19.0 Å². The Morgan fingerprint density at radius 2 is 1.83 bits per heavy atom. The van der Waals surface area contributed by atoms with Gasteiger partial charge in [0.25, 0.3) is 0 Å². The Hall–Kier alpha value is -2.08. The number of hydrogen-bond donors (Lipinski definition) is 1. The van der Waals surface area contributed by atoms with Crippen LogP contribution >= 0.6 is 11.6 Å². The Morgan fingerprint density at radius 1 is 1.22 bits per heavy atom. The molecule has 0 atom stereocenters. The fourth-order valence-electron chi connectivity index (χ4n) is 1.60. The molecule has 0 heterocycles. The number of methoxy groups -OCH3 is 1. The summed E-state index contributed by atoms with van der Waals surface area (Å²) >= 11 is 5.98. The normalized spacial score (nSPS) is 9.30. The second-order valence-corrected chi connectivity index (χ2v) is 4.58. The minimum Gasteiger partial charge on any atom is -0.466 e. The first kappa shape index (κ1) is 20.9. The number of aryl methyl sites for hydroxylation is 1. The van der Waals surface area contributed by atoms with Crippen molar-refractivity contribution in [2.24, 2.45) is 0 Å². The molecule has 0 aliphatic carbocycles. The fraction of sp³-hybridized carbons (Fsp3) is 0.438. The minimum absolute atomic E-state index is 0.164. The van der Waals surface area contributed by atoms with Crippen molar-refractivity contribution in [3.8, 4) is 0 Å². The number of carbonyl (C=O) groups is 3. The molecule has 0 aromatic heterocycles. The van der Waals surface area contributed by atoms with Gasteiger partial charge in [0.2, 0.25) is 5.91 Å². The third-order valence-corrected chi connectivity index (χ3v) is 3.00. The van der Waals surface area contributed by atoms with Crippen molar-refractivity contribution in [3.63, 3.8) is 0 Å². The van der Waals surface area contributed by atoms with Gasteiger partial charge < -0.3 is 14.8 Å². The van der Waals surface area contributed by atoms with Gasteiger partial charge in [0.05, 0.1) is 25.0 Å². The van der Waals surface area contributed by atoms with Crippen LogP contribution in [-0.2, 0) is 19.1 Å². The second-order valence-electron chi connectivity index (χ2n) is 4.17. The third kappa shape index (κ3) is 6.69. The second kappa shape index (κ2) is 10.6. The van der Waals surface area contributed by atoms with Crippen molar-refractivity contribution in [1.82, 2.24) is 0 Å².